The third-order valence-electron chi connectivity index (χ3n) is 1.89. The monoisotopic (exact) mass is 181 g/mol. The molecule has 3 nitrogen and oxygen atoms in total. The van der Waals surface area contributed by atoms with Gasteiger partial charge in [0.1, 0.15) is 0 Å². The largest absolute Gasteiger partial charge is 0.467 e. The van der Waals surface area contributed by atoms with Crippen LogP contribution in [0, 0.1) is 0 Å². The van der Waals surface area contributed by atoms with Gasteiger partial charge < -0.3 is 10.5 Å². The van der Waals surface area contributed by atoms with Crippen LogP contribution in [0.5, 0.6) is 0 Å². The van der Waals surface area contributed by atoms with Gasteiger partial charge in [0, 0.05) is 6.92 Å². The van der Waals surface area contributed by atoms with Crippen LogP contribution < -0.4 is 5.73 Å². The lowest BCUT2D eigenvalue weighted by Crippen LogP contribution is -2.60. The van der Waals surface area contributed by atoms with Crippen molar-refractivity contribution in [2.24, 2.45) is 5.73 Å². The fourth-order valence-corrected chi connectivity index (χ4v) is 0.816. The minimum atomic E-state index is -3.27. The van der Waals surface area contributed by atoms with E-state index in [1.807, 2.05) is 0 Å². The number of hydrogen-bond acceptors (Lipinski definition) is 3. The van der Waals surface area contributed by atoms with Crippen molar-refractivity contribution in [3.63, 3.8) is 0 Å². The van der Waals surface area contributed by atoms with Gasteiger partial charge in [-0.3, -0.25) is 0 Å². The number of esters is 1. The quantitative estimate of drug-likeness (QED) is 0.659. The van der Waals surface area contributed by atoms with E-state index < -0.39 is 17.4 Å². The molecule has 0 aliphatic rings. The van der Waals surface area contributed by atoms with Gasteiger partial charge in [-0.25, -0.2) is 13.6 Å². The molecule has 2 N–H and O–H groups in total. The predicted octanol–water partition coefficient (Wildman–Crippen LogP) is 0.922. The molecule has 1 atom stereocenters. The number of ether oxygens (including phenoxy) is 1. The van der Waals surface area contributed by atoms with Crippen molar-refractivity contribution in [1.82, 2.24) is 0 Å². The standard InChI is InChI=1S/C7H13F2NO2/c1-4-7(10,5(11)12-3)6(2,8)9/h4,10H2,1-3H3. The van der Waals surface area contributed by atoms with Crippen LogP contribution in [0.2, 0.25) is 0 Å². The Labute approximate surface area is 69.9 Å². The van der Waals surface area contributed by atoms with Crippen LogP contribution in [-0.2, 0) is 9.53 Å². The average molecular weight is 181 g/mol. The molecule has 0 heterocycles. The van der Waals surface area contributed by atoms with Gasteiger partial charge in [0.15, 0.2) is 5.54 Å². The Morgan fingerprint density at radius 3 is 2.08 bits per heavy atom. The number of alkyl halides is 2. The van der Waals surface area contributed by atoms with Crippen LogP contribution >= 0.6 is 0 Å². The minimum Gasteiger partial charge on any atom is -0.467 e. The number of carbonyl (C=O) groups excluding carboxylic acids is 1. The summed E-state index contributed by atoms with van der Waals surface area (Å²) in [5.74, 6) is -4.35. The summed E-state index contributed by atoms with van der Waals surface area (Å²) < 4.78 is 29.8. The molecule has 0 amide bonds. The zero-order chi connectivity index (χ0) is 9.99. The summed E-state index contributed by atoms with van der Waals surface area (Å²) in [7, 11) is 1.03. The smallest absolute Gasteiger partial charge is 0.332 e. The third kappa shape index (κ3) is 1.72. The molecule has 0 aliphatic carbocycles. The van der Waals surface area contributed by atoms with Crippen LogP contribution in [0.4, 0.5) is 8.78 Å². The molecule has 0 aromatic heterocycles. The van der Waals surface area contributed by atoms with Crippen molar-refractivity contribution >= 4 is 5.97 Å². The van der Waals surface area contributed by atoms with E-state index in [1.165, 1.54) is 6.92 Å². The van der Waals surface area contributed by atoms with Crippen molar-refractivity contribution in [2.45, 2.75) is 31.7 Å². The number of nitrogens with two attached hydrogens (primary N) is 1. The summed E-state index contributed by atoms with van der Waals surface area (Å²) in [4.78, 5) is 10.9. The average Bonchev–Trinajstić information content (AvgIpc) is 1.99. The van der Waals surface area contributed by atoms with Gasteiger partial charge >= 0.3 is 5.97 Å². The Bertz CT molecular complexity index is 179. The van der Waals surface area contributed by atoms with Crippen molar-refractivity contribution in [2.75, 3.05) is 7.11 Å². The number of hydrogen-bond donors (Lipinski definition) is 1. The summed E-state index contributed by atoms with van der Waals surface area (Å²) in [6, 6.07) is 0. The molecule has 1 unspecified atom stereocenters. The Morgan fingerprint density at radius 2 is 2.00 bits per heavy atom. The fraction of sp³-hybridized carbons (Fsp3) is 0.857. The molecule has 0 aromatic rings. The molecule has 5 heteroatoms. The van der Waals surface area contributed by atoms with Crippen LogP contribution in [0.1, 0.15) is 20.3 Å². The highest BCUT2D eigenvalue weighted by atomic mass is 19.3. The number of carbonyl (C=O) groups is 1. The number of rotatable bonds is 3. The Hall–Kier alpha value is -0.710. The highest BCUT2D eigenvalue weighted by molar-refractivity contribution is 5.81. The van der Waals surface area contributed by atoms with Crippen molar-refractivity contribution in [1.29, 1.82) is 0 Å². The first-order valence-corrected chi connectivity index (χ1v) is 3.54. The van der Waals surface area contributed by atoms with Gasteiger partial charge in [-0.2, -0.15) is 0 Å². The summed E-state index contributed by atoms with van der Waals surface area (Å²) >= 11 is 0. The molecule has 0 radical (unpaired) electrons. The highest BCUT2D eigenvalue weighted by Gasteiger charge is 2.52. The molecule has 72 valence electrons. The Kier molecular flexibility index (Phi) is 3.15. The highest BCUT2D eigenvalue weighted by Crippen LogP contribution is 2.29. The molecule has 0 fully saturated rings. The van der Waals surface area contributed by atoms with Crippen molar-refractivity contribution < 1.29 is 18.3 Å². The first kappa shape index (κ1) is 11.3. The third-order valence-corrected chi connectivity index (χ3v) is 1.89. The maximum Gasteiger partial charge on any atom is 0.332 e. The summed E-state index contributed by atoms with van der Waals surface area (Å²) in [6.45, 7) is 2.02. The molecule has 12 heavy (non-hydrogen) atoms. The van der Waals surface area contributed by atoms with E-state index in [1.54, 1.807) is 0 Å². The van der Waals surface area contributed by atoms with Crippen molar-refractivity contribution in [3.8, 4) is 0 Å². The van der Waals surface area contributed by atoms with Gasteiger partial charge in [0.2, 0.25) is 0 Å². The molecule has 0 saturated carbocycles. The Morgan fingerprint density at radius 1 is 1.58 bits per heavy atom. The Balaban J connectivity index is 4.80. The van der Waals surface area contributed by atoms with Gasteiger partial charge in [-0.15, -0.1) is 0 Å². The fourth-order valence-electron chi connectivity index (χ4n) is 0.816. The second-order valence-electron chi connectivity index (χ2n) is 2.70. The lowest BCUT2D eigenvalue weighted by molar-refractivity contribution is -0.163. The second kappa shape index (κ2) is 3.35. The molecule has 0 spiro atoms. The van der Waals surface area contributed by atoms with E-state index in [2.05, 4.69) is 4.74 Å². The van der Waals surface area contributed by atoms with E-state index >= 15 is 0 Å². The van der Waals surface area contributed by atoms with Crippen molar-refractivity contribution in [3.05, 3.63) is 0 Å². The topological polar surface area (TPSA) is 52.3 Å². The predicted molar refractivity (Wildman–Crippen MR) is 39.8 cm³/mol. The first-order chi connectivity index (χ1) is 5.29. The molecule has 0 aliphatic heterocycles. The first-order valence-electron chi connectivity index (χ1n) is 3.54. The van der Waals surface area contributed by atoms with Crippen LogP contribution in [-0.4, -0.2) is 24.5 Å². The molecule has 0 aromatic carbocycles. The van der Waals surface area contributed by atoms with Gasteiger partial charge in [0.25, 0.3) is 5.92 Å². The molecular weight excluding hydrogens is 168 g/mol. The SMILES string of the molecule is CCC(N)(C(=O)OC)C(C)(F)F. The van der Waals surface area contributed by atoms with E-state index in [9.17, 15) is 13.6 Å². The van der Waals surface area contributed by atoms with E-state index in [4.69, 9.17) is 5.73 Å². The second-order valence-corrected chi connectivity index (χ2v) is 2.70. The summed E-state index contributed by atoms with van der Waals surface area (Å²) in [5, 5.41) is 0. The normalized spacial score (nSPS) is 16.8. The lowest BCUT2D eigenvalue weighted by Gasteiger charge is -2.30. The molecule has 0 bridgehead atoms. The van der Waals surface area contributed by atoms with E-state index in [0.717, 1.165) is 7.11 Å². The zero-order valence-electron chi connectivity index (χ0n) is 7.36. The van der Waals surface area contributed by atoms with Gasteiger partial charge in [-0.05, 0) is 6.42 Å². The summed E-state index contributed by atoms with van der Waals surface area (Å²) in [6.07, 6.45) is -0.164. The number of methoxy groups -OCH3 is 1. The van der Waals surface area contributed by atoms with Gasteiger partial charge in [0.05, 0.1) is 7.11 Å². The maximum atomic E-state index is 12.8. The van der Waals surface area contributed by atoms with Gasteiger partial charge in [-0.1, -0.05) is 6.92 Å². The minimum absolute atomic E-state index is 0.164. The lowest BCUT2D eigenvalue weighted by atomic mass is 9.91. The number of halogens is 2. The van der Waals surface area contributed by atoms with Crippen LogP contribution in [0.15, 0.2) is 0 Å². The van der Waals surface area contributed by atoms with E-state index in [0.29, 0.717) is 6.92 Å². The molecule has 0 saturated heterocycles. The maximum absolute atomic E-state index is 12.8. The zero-order valence-corrected chi connectivity index (χ0v) is 7.36. The van der Waals surface area contributed by atoms with E-state index in [-0.39, 0.29) is 6.42 Å². The molecular formula is C7H13F2NO2. The summed E-state index contributed by atoms with van der Waals surface area (Å²) in [5.41, 5.74) is 3.00. The van der Waals surface area contributed by atoms with Crippen LogP contribution in [0.25, 0.3) is 0 Å². The molecule has 0 rings (SSSR count). The van der Waals surface area contributed by atoms with Crippen LogP contribution in [0.3, 0.4) is 0 Å².